The molecule has 2 aromatic rings. The standard InChI is InChI=1S/C15H21FN4/c1-3-6-18-14(12-5-7-17-11-13(12)16)15-19-8-10-20(15)9-4-2/h5,7-8,10-11,14,18H,3-4,6,9H2,1-2H3. The Balaban J connectivity index is 2.37. The van der Waals surface area contributed by atoms with Gasteiger partial charge in [-0.2, -0.15) is 0 Å². The van der Waals surface area contributed by atoms with Crippen LogP contribution in [-0.4, -0.2) is 21.1 Å². The molecule has 2 rings (SSSR count). The van der Waals surface area contributed by atoms with Crippen molar-refractivity contribution in [1.29, 1.82) is 0 Å². The largest absolute Gasteiger partial charge is 0.333 e. The average molecular weight is 276 g/mol. The van der Waals surface area contributed by atoms with Gasteiger partial charge in [-0.15, -0.1) is 0 Å². The summed E-state index contributed by atoms with van der Waals surface area (Å²) in [5, 5.41) is 3.38. The van der Waals surface area contributed by atoms with Gasteiger partial charge in [0, 0.05) is 30.7 Å². The Morgan fingerprint density at radius 1 is 1.30 bits per heavy atom. The zero-order chi connectivity index (χ0) is 14.4. The third kappa shape index (κ3) is 3.22. The van der Waals surface area contributed by atoms with Gasteiger partial charge in [0.1, 0.15) is 11.6 Å². The molecule has 0 saturated carbocycles. The van der Waals surface area contributed by atoms with Crippen molar-refractivity contribution in [3.8, 4) is 0 Å². The Hall–Kier alpha value is -1.75. The molecule has 0 amide bonds. The highest BCUT2D eigenvalue weighted by molar-refractivity contribution is 5.24. The summed E-state index contributed by atoms with van der Waals surface area (Å²) in [6.07, 6.45) is 8.58. The zero-order valence-electron chi connectivity index (χ0n) is 12.0. The van der Waals surface area contributed by atoms with E-state index in [1.807, 2.05) is 6.20 Å². The second-order valence-electron chi connectivity index (χ2n) is 4.76. The molecule has 20 heavy (non-hydrogen) atoms. The van der Waals surface area contributed by atoms with Crippen molar-refractivity contribution in [1.82, 2.24) is 19.9 Å². The number of aromatic nitrogens is 3. The molecule has 4 nitrogen and oxygen atoms in total. The van der Waals surface area contributed by atoms with Crippen LogP contribution in [0, 0.1) is 5.82 Å². The molecular formula is C15H21FN4. The number of pyridine rings is 1. The lowest BCUT2D eigenvalue weighted by Crippen LogP contribution is -2.27. The topological polar surface area (TPSA) is 42.7 Å². The predicted octanol–water partition coefficient (Wildman–Crippen LogP) is 2.92. The molecule has 0 saturated heterocycles. The molecule has 0 aliphatic carbocycles. The van der Waals surface area contributed by atoms with Crippen LogP contribution in [0.25, 0.3) is 0 Å². The van der Waals surface area contributed by atoms with Crippen LogP contribution in [0.5, 0.6) is 0 Å². The van der Waals surface area contributed by atoms with E-state index in [-0.39, 0.29) is 11.9 Å². The Bertz CT molecular complexity index is 538. The fraction of sp³-hybridized carbons (Fsp3) is 0.467. The highest BCUT2D eigenvalue weighted by Gasteiger charge is 2.21. The summed E-state index contributed by atoms with van der Waals surface area (Å²) in [6.45, 7) is 5.90. The number of hydrogen-bond donors (Lipinski definition) is 1. The van der Waals surface area contributed by atoms with E-state index in [4.69, 9.17) is 0 Å². The van der Waals surface area contributed by atoms with Crippen LogP contribution in [0.2, 0.25) is 0 Å². The summed E-state index contributed by atoms with van der Waals surface area (Å²) in [5.41, 5.74) is 0.594. The van der Waals surface area contributed by atoms with E-state index in [0.717, 1.165) is 31.8 Å². The van der Waals surface area contributed by atoms with E-state index in [1.54, 1.807) is 18.5 Å². The monoisotopic (exact) mass is 276 g/mol. The molecular weight excluding hydrogens is 255 g/mol. The summed E-state index contributed by atoms with van der Waals surface area (Å²) >= 11 is 0. The van der Waals surface area contributed by atoms with Gasteiger partial charge in [0.25, 0.3) is 0 Å². The van der Waals surface area contributed by atoms with Crippen molar-refractivity contribution in [2.75, 3.05) is 6.54 Å². The van der Waals surface area contributed by atoms with E-state index >= 15 is 0 Å². The number of hydrogen-bond acceptors (Lipinski definition) is 3. The van der Waals surface area contributed by atoms with Gasteiger partial charge in [0.2, 0.25) is 0 Å². The maximum absolute atomic E-state index is 14.0. The molecule has 1 N–H and O–H groups in total. The first-order valence-electron chi connectivity index (χ1n) is 7.11. The van der Waals surface area contributed by atoms with Crippen LogP contribution >= 0.6 is 0 Å². The van der Waals surface area contributed by atoms with Crippen LogP contribution in [0.3, 0.4) is 0 Å². The average Bonchev–Trinajstić information content (AvgIpc) is 2.90. The second-order valence-corrected chi connectivity index (χ2v) is 4.76. The molecule has 2 heterocycles. The lowest BCUT2D eigenvalue weighted by atomic mass is 10.1. The fourth-order valence-electron chi connectivity index (χ4n) is 2.26. The second kappa shape index (κ2) is 7.14. The van der Waals surface area contributed by atoms with Crippen LogP contribution < -0.4 is 5.32 Å². The van der Waals surface area contributed by atoms with Crippen molar-refractivity contribution in [2.24, 2.45) is 0 Å². The maximum Gasteiger partial charge on any atom is 0.146 e. The molecule has 5 heteroatoms. The van der Waals surface area contributed by atoms with E-state index in [2.05, 4.69) is 33.7 Å². The molecule has 108 valence electrons. The highest BCUT2D eigenvalue weighted by atomic mass is 19.1. The Morgan fingerprint density at radius 3 is 2.85 bits per heavy atom. The maximum atomic E-state index is 14.0. The third-order valence-electron chi connectivity index (χ3n) is 3.18. The molecule has 2 aromatic heterocycles. The Labute approximate surface area is 119 Å². The summed E-state index contributed by atoms with van der Waals surface area (Å²) in [6, 6.07) is 1.48. The molecule has 0 aliphatic rings. The van der Waals surface area contributed by atoms with Crippen LogP contribution in [0.15, 0.2) is 30.9 Å². The summed E-state index contributed by atoms with van der Waals surface area (Å²) in [5.74, 6) is 0.553. The molecule has 0 aliphatic heterocycles. The Kier molecular flexibility index (Phi) is 5.24. The Morgan fingerprint density at radius 2 is 2.15 bits per heavy atom. The van der Waals surface area contributed by atoms with Gasteiger partial charge in [0.15, 0.2) is 0 Å². The van der Waals surface area contributed by atoms with E-state index in [0.29, 0.717) is 5.56 Å². The van der Waals surface area contributed by atoms with Crippen LogP contribution in [0.4, 0.5) is 4.39 Å². The molecule has 1 unspecified atom stereocenters. The summed E-state index contributed by atoms with van der Waals surface area (Å²) in [7, 11) is 0. The molecule has 0 aromatic carbocycles. The summed E-state index contributed by atoms with van der Waals surface area (Å²) in [4.78, 5) is 8.24. The number of nitrogens with one attached hydrogen (secondary N) is 1. The molecule has 0 bridgehead atoms. The molecule has 0 fully saturated rings. The smallest absolute Gasteiger partial charge is 0.146 e. The minimum atomic E-state index is -0.299. The van der Waals surface area contributed by atoms with E-state index in [1.165, 1.54) is 6.20 Å². The van der Waals surface area contributed by atoms with Gasteiger partial charge in [-0.05, 0) is 25.5 Å². The van der Waals surface area contributed by atoms with E-state index in [9.17, 15) is 4.39 Å². The van der Waals surface area contributed by atoms with Gasteiger partial charge in [-0.1, -0.05) is 13.8 Å². The fourth-order valence-corrected chi connectivity index (χ4v) is 2.26. The van der Waals surface area contributed by atoms with Crippen molar-refractivity contribution in [2.45, 2.75) is 39.3 Å². The SMILES string of the molecule is CCCNC(c1ccncc1F)c1nccn1CCC. The minimum absolute atomic E-state index is 0.237. The van der Waals surface area contributed by atoms with E-state index < -0.39 is 0 Å². The van der Waals surface area contributed by atoms with Gasteiger partial charge < -0.3 is 9.88 Å². The van der Waals surface area contributed by atoms with Gasteiger partial charge >= 0.3 is 0 Å². The first kappa shape index (κ1) is 14.7. The van der Waals surface area contributed by atoms with Crippen molar-refractivity contribution in [3.05, 3.63) is 48.1 Å². The van der Waals surface area contributed by atoms with Gasteiger partial charge in [-0.25, -0.2) is 9.37 Å². The number of nitrogens with zero attached hydrogens (tertiary/aromatic N) is 3. The number of aryl methyl sites for hydroxylation is 1. The minimum Gasteiger partial charge on any atom is -0.333 e. The van der Waals surface area contributed by atoms with Gasteiger partial charge in [-0.3, -0.25) is 4.98 Å². The molecule has 1 atom stereocenters. The summed E-state index contributed by atoms with van der Waals surface area (Å²) < 4.78 is 16.1. The first-order chi connectivity index (χ1) is 9.77. The predicted molar refractivity (Wildman–Crippen MR) is 76.8 cm³/mol. The van der Waals surface area contributed by atoms with Crippen molar-refractivity contribution in [3.63, 3.8) is 0 Å². The van der Waals surface area contributed by atoms with Gasteiger partial charge in [0.05, 0.1) is 12.2 Å². The first-order valence-corrected chi connectivity index (χ1v) is 7.11. The number of halogens is 1. The lowest BCUT2D eigenvalue weighted by Gasteiger charge is -2.20. The third-order valence-corrected chi connectivity index (χ3v) is 3.18. The highest BCUT2D eigenvalue weighted by Crippen LogP contribution is 2.23. The molecule has 0 radical (unpaired) electrons. The number of imidazole rings is 1. The van der Waals surface area contributed by atoms with Crippen LogP contribution in [0.1, 0.15) is 44.1 Å². The normalized spacial score (nSPS) is 12.6. The number of rotatable bonds is 7. The lowest BCUT2D eigenvalue weighted by molar-refractivity contribution is 0.502. The van der Waals surface area contributed by atoms with Crippen molar-refractivity contribution < 1.29 is 4.39 Å². The molecule has 0 spiro atoms. The van der Waals surface area contributed by atoms with Crippen LogP contribution in [-0.2, 0) is 6.54 Å². The van der Waals surface area contributed by atoms with Crippen molar-refractivity contribution >= 4 is 0 Å². The zero-order valence-corrected chi connectivity index (χ0v) is 12.0. The quantitative estimate of drug-likeness (QED) is 0.845.